The summed E-state index contributed by atoms with van der Waals surface area (Å²) in [5, 5.41) is 10.3. The van der Waals surface area contributed by atoms with E-state index >= 15 is 0 Å². The van der Waals surface area contributed by atoms with Gasteiger partial charge in [-0.05, 0) is 65.7 Å². The van der Waals surface area contributed by atoms with Crippen molar-refractivity contribution in [1.29, 1.82) is 0 Å². The largest absolute Gasteiger partial charge is 0.321 e. The van der Waals surface area contributed by atoms with Crippen molar-refractivity contribution in [2.75, 3.05) is 10.6 Å². The van der Waals surface area contributed by atoms with Crippen LogP contribution in [0.4, 0.5) is 15.2 Å². The maximum absolute atomic E-state index is 13.6. The average molecular weight is 685 g/mol. The second kappa shape index (κ2) is 15.8. The number of carbonyl (C=O) groups is 3. The first kappa shape index (κ1) is 33.1. The number of hydrogen-bond acceptors (Lipinski definition) is 6. The minimum absolute atomic E-state index is 0.0164. The molecule has 0 bridgehead atoms. The predicted octanol–water partition coefficient (Wildman–Crippen LogP) is 8.83. The van der Waals surface area contributed by atoms with Crippen LogP contribution in [-0.4, -0.2) is 22.7 Å². The zero-order valence-electron chi connectivity index (χ0n) is 25.9. The van der Waals surface area contributed by atoms with Gasteiger partial charge >= 0.3 is 0 Å². The topological polar surface area (TPSA) is 100 Å². The highest BCUT2D eigenvalue weighted by molar-refractivity contribution is 8.00. The molecular formula is C39H29FN4O3S2. The Labute approximate surface area is 290 Å². The fourth-order valence-corrected chi connectivity index (χ4v) is 6.51. The van der Waals surface area contributed by atoms with Gasteiger partial charge in [-0.25, -0.2) is 9.37 Å². The van der Waals surface area contributed by atoms with E-state index in [9.17, 15) is 18.8 Å². The third-order valence-electron chi connectivity index (χ3n) is 7.22. The molecule has 3 amide bonds. The molecule has 242 valence electrons. The number of amides is 3. The van der Waals surface area contributed by atoms with Gasteiger partial charge in [0.25, 0.3) is 11.8 Å². The summed E-state index contributed by atoms with van der Waals surface area (Å²) in [4.78, 5) is 45.4. The van der Waals surface area contributed by atoms with Crippen molar-refractivity contribution in [3.8, 4) is 11.3 Å². The van der Waals surface area contributed by atoms with Gasteiger partial charge in [-0.1, -0.05) is 91.0 Å². The maximum Gasteiger partial charge on any atom is 0.272 e. The quantitative estimate of drug-likeness (QED) is 0.0936. The summed E-state index contributed by atoms with van der Waals surface area (Å²) in [5.41, 5.74) is 3.96. The second-order valence-electron chi connectivity index (χ2n) is 10.7. The molecule has 0 aliphatic rings. The number of anilines is 2. The van der Waals surface area contributed by atoms with Crippen molar-refractivity contribution in [2.45, 2.75) is 10.1 Å². The van der Waals surface area contributed by atoms with Crippen molar-refractivity contribution in [2.24, 2.45) is 0 Å². The predicted molar refractivity (Wildman–Crippen MR) is 195 cm³/mol. The lowest BCUT2D eigenvalue weighted by Crippen LogP contribution is -2.30. The molecule has 0 aliphatic carbocycles. The summed E-state index contributed by atoms with van der Waals surface area (Å²) in [5.74, 6) is -1.65. The summed E-state index contributed by atoms with van der Waals surface area (Å²) in [7, 11) is 0. The Hall–Kier alpha value is -5.84. The Morgan fingerprint density at radius 3 is 2.04 bits per heavy atom. The van der Waals surface area contributed by atoms with E-state index in [1.165, 1.54) is 53.4 Å². The number of carbonyl (C=O) groups excluding carboxylic acids is 3. The second-order valence-corrected chi connectivity index (χ2v) is 12.7. The Kier molecular flexibility index (Phi) is 10.7. The molecule has 0 aliphatic heterocycles. The van der Waals surface area contributed by atoms with Crippen LogP contribution >= 0.6 is 23.1 Å². The van der Waals surface area contributed by atoms with Gasteiger partial charge in [-0.3, -0.25) is 14.4 Å². The molecule has 0 radical (unpaired) electrons. The molecule has 1 aromatic heterocycles. The number of nitrogens with zero attached hydrogens (tertiary/aromatic N) is 1. The van der Waals surface area contributed by atoms with E-state index in [1.54, 1.807) is 42.5 Å². The Balaban J connectivity index is 1.17. The highest BCUT2D eigenvalue weighted by atomic mass is 32.2. The molecule has 0 saturated carbocycles. The molecule has 7 nitrogen and oxygen atoms in total. The van der Waals surface area contributed by atoms with Gasteiger partial charge in [-0.2, -0.15) is 0 Å². The molecule has 5 aromatic carbocycles. The van der Waals surface area contributed by atoms with E-state index in [0.717, 1.165) is 21.7 Å². The maximum atomic E-state index is 13.6. The zero-order chi connectivity index (χ0) is 34.0. The van der Waals surface area contributed by atoms with Crippen LogP contribution in [0.25, 0.3) is 17.3 Å². The lowest BCUT2D eigenvalue weighted by atomic mass is 10.1. The number of thiazole rings is 1. The Morgan fingerprint density at radius 2 is 1.37 bits per heavy atom. The minimum Gasteiger partial charge on any atom is -0.321 e. The number of halogens is 1. The SMILES string of the molecule is O=C(Nc1ccc(SC(C(=O)Nc2nc(-c3ccccc3)cs2)c2ccccc2)cc1)/C(=C/c1ccc(F)cc1)NC(=O)c1ccccc1. The van der Waals surface area contributed by atoms with Crippen molar-refractivity contribution < 1.29 is 18.8 Å². The lowest BCUT2D eigenvalue weighted by molar-refractivity contribution is -0.116. The van der Waals surface area contributed by atoms with E-state index in [0.29, 0.717) is 21.9 Å². The highest BCUT2D eigenvalue weighted by Gasteiger charge is 2.23. The Morgan fingerprint density at radius 1 is 0.735 bits per heavy atom. The van der Waals surface area contributed by atoms with E-state index in [2.05, 4.69) is 20.9 Å². The van der Waals surface area contributed by atoms with E-state index in [-0.39, 0.29) is 11.6 Å². The van der Waals surface area contributed by atoms with Gasteiger partial charge in [0.2, 0.25) is 5.91 Å². The van der Waals surface area contributed by atoms with Gasteiger partial charge in [0.1, 0.15) is 16.8 Å². The van der Waals surface area contributed by atoms with E-state index in [4.69, 9.17) is 0 Å². The normalized spacial score (nSPS) is 11.7. The first-order chi connectivity index (χ1) is 23.9. The van der Waals surface area contributed by atoms with Gasteiger partial charge in [0, 0.05) is 27.1 Å². The number of benzene rings is 5. The fourth-order valence-electron chi connectivity index (χ4n) is 4.76. The summed E-state index contributed by atoms with van der Waals surface area (Å²) < 4.78 is 13.5. The summed E-state index contributed by atoms with van der Waals surface area (Å²) in [6.45, 7) is 0. The minimum atomic E-state index is -0.579. The average Bonchev–Trinajstić information content (AvgIpc) is 3.61. The van der Waals surface area contributed by atoms with Crippen LogP contribution in [0, 0.1) is 5.82 Å². The molecule has 1 unspecified atom stereocenters. The molecule has 3 N–H and O–H groups in total. The number of aromatic nitrogens is 1. The van der Waals surface area contributed by atoms with Crippen LogP contribution in [0.3, 0.4) is 0 Å². The van der Waals surface area contributed by atoms with E-state index in [1.807, 2.05) is 78.2 Å². The molecular weight excluding hydrogens is 656 g/mol. The molecule has 6 aromatic rings. The Bertz CT molecular complexity index is 2070. The number of hydrogen-bond donors (Lipinski definition) is 3. The molecule has 0 fully saturated rings. The first-order valence-electron chi connectivity index (χ1n) is 15.2. The molecule has 6 rings (SSSR count). The summed E-state index contributed by atoms with van der Waals surface area (Å²) in [6.07, 6.45) is 1.48. The van der Waals surface area contributed by atoms with Crippen LogP contribution in [0.1, 0.15) is 26.7 Å². The molecule has 0 spiro atoms. The van der Waals surface area contributed by atoms with Crippen LogP contribution in [0.5, 0.6) is 0 Å². The van der Waals surface area contributed by atoms with Gasteiger partial charge in [-0.15, -0.1) is 23.1 Å². The van der Waals surface area contributed by atoms with Gasteiger partial charge < -0.3 is 16.0 Å². The molecule has 49 heavy (non-hydrogen) atoms. The van der Waals surface area contributed by atoms with Crippen molar-refractivity contribution >= 4 is 57.7 Å². The first-order valence-corrected chi connectivity index (χ1v) is 17.0. The number of thioether (sulfide) groups is 1. The molecule has 0 saturated heterocycles. The van der Waals surface area contributed by atoms with Crippen LogP contribution in [0.2, 0.25) is 0 Å². The van der Waals surface area contributed by atoms with Crippen molar-refractivity contribution in [3.05, 3.63) is 173 Å². The van der Waals surface area contributed by atoms with Gasteiger partial charge in [0.05, 0.1) is 5.69 Å². The van der Waals surface area contributed by atoms with Crippen LogP contribution in [-0.2, 0) is 9.59 Å². The highest BCUT2D eigenvalue weighted by Crippen LogP contribution is 2.37. The van der Waals surface area contributed by atoms with Crippen molar-refractivity contribution in [3.63, 3.8) is 0 Å². The third kappa shape index (κ3) is 8.95. The van der Waals surface area contributed by atoms with Crippen LogP contribution in [0.15, 0.2) is 155 Å². The van der Waals surface area contributed by atoms with Gasteiger partial charge in [0.15, 0.2) is 5.13 Å². The molecule has 1 heterocycles. The van der Waals surface area contributed by atoms with Crippen LogP contribution < -0.4 is 16.0 Å². The summed E-state index contributed by atoms with van der Waals surface area (Å²) >= 11 is 2.73. The standard InChI is InChI=1S/C39H29FN4O3S2/c40-30-18-16-26(17-19-30)24-33(42-36(45)29-14-8-3-9-15-29)37(46)41-31-20-22-32(23-21-31)49-35(28-12-6-2-7-13-28)38(47)44-39-43-34(25-48-39)27-10-4-1-5-11-27/h1-25,35H,(H,41,46)(H,42,45)(H,43,44,47)/b33-24-. The summed E-state index contributed by atoms with van der Waals surface area (Å²) in [6, 6.07) is 40.4. The fraction of sp³-hybridized carbons (Fsp3) is 0.0256. The number of rotatable bonds is 11. The third-order valence-corrected chi connectivity index (χ3v) is 9.24. The molecule has 10 heteroatoms. The van der Waals surface area contributed by atoms with Crippen molar-refractivity contribution in [1.82, 2.24) is 10.3 Å². The monoisotopic (exact) mass is 684 g/mol. The zero-order valence-corrected chi connectivity index (χ0v) is 27.5. The smallest absolute Gasteiger partial charge is 0.272 e. The molecule has 1 atom stereocenters. The lowest BCUT2D eigenvalue weighted by Gasteiger charge is -2.17. The number of nitrogens with one attached hydrogen (secondary N) is 3. The van der Waals surface area contributed by atoms with E-state index < -0.39 is 22.9 Å².